The summed E-state index contributed by atoms with van der Waals surface area (Å²) in [6, 6.07) is 8.70. The minimum atomic E-state index is 0.333. The lowest BCUT2D eigenvalue weighted by molar-refractivity contribution is 0.456. The highest BCUT2D eigenvalue weighted by molar-refractivity contribution is 6.28. The van der Waals surface area contributed by atoms with Gasteiger partial charge < -0.3 is 5.32 Å². The Morgan fingerprint density at radius 3 is 2.60 bits per heavy atom. The number of benzene rings is 1. The molecule has 1 N–H and O–H groups in total. The Hall–Kier alpha value is -1.35. The van der Waals surface area contributed by atoms with Gasteiger partial charge in [-0.1, -0.05) is 12.1 Å². The van der Waals surface area contributed by atoms with Crippen molar-refractivity contribution >= 4 is 28.3 Å². The molecule has 3 nitrogen and oxygen atoms in total. The molecular weight excluding hydrogens is 270 g/mol. The van der Waals surface area contributed by atoms with Gasteiger partial charge in [0.15, 0.2) is 0 Å². The van der Waals surface area contributed by atoms with Crippen LogP contribution in [0.5, 0.6) is 0 Å². The monoisotopic (exact) mass is 285 g/mol. The summed E-state index contributed by atoms with van der Waals surface area (Å²) in [7, 11) is 0. The molecule has 1 aromatic carbocycles. The predicted octanol–water partition coefficient (Wildman–Crippen LogP) is 3.74. The molecule has 0 aliphatic heterocycles. The van der Waals surface area contributed by atoms with Crippen molar-refractivity contribution in [1.29, 1.82) is 0 Å². The van der Waals surface area contributed by atoms with Crippen LogP contribution in [0.1, 0.15) is 19.3 Å². The van der Waals surface area contributed by atoms with E-state index in [0.29, 0.717) is 11.3 Å². The number of halogens is 1. The molecule has 5 rings (SSSR count). The first kappa shape index (κ1) is 11.3. The van der Waals surface area contributed by atoms with Crippen LogP contribution < -0.4 is 5.32 Å². The molecule has 4 heteroatoms. The van der Waals surface area contributed by atoms with Crippen LogP contribution in [0.2, 0.25) is 5.28 Å². The maximum Gasteiger partial charge on any atom is 0.224 e. The molecule has 2 bridgehead atoms. The van der Waals surface area contributed by atoms with Crippen LogP contribution >= 0.6 is 11.6 Å². The third-order valence-electron chi connectivity index (χ3n) is 5.61. The number of nitrogens with one attached hydrogen (secondary N) is 1. The highest BCUT2D eigenvalue weighted by Gasteiger charge is 2.65. The summed E-state index contributed by atoms with van der Waals surface area (Å²) in [5, 5.41) is 5.08. The Balaban J connectivity index is 1.50. The van der Waals surface area contributed by atoms with Crippen LogP contribution in [0.25, 0.3) is 10.9 Å². The summed E-state index contributed by atoms with van der Waals surface area (Å²) in [6.07, 6.45) is 4.35. The van der Waals surface area contributed by atoms with E-state index in [4.69, 9.17) is 11.6 Å². The second-order valence-corrected chi connectivity index (χ2v) is 6.85. The molecule has 1 heterocycles. The van der Waals surface area contributed by atoms with Crippen LogP contribution in [-0.4, -0.2) is 16.0 Å². The third kappa shape index (κ3) is 1.47. The minimum Gasteiger partial charge on any atom is -0.366 e. The van der Waals surface area contributed by atoms with E-state index in [1.807, 2.05) is 18.2 Å². The molecule has 102 valence electrons. The first-order valence-electron chi connectivity index (χ1n) is 7.50. The number of anilines is 1. The zero-order valence-corrected chi connectivity index (χ0v) is 11.8. The highest BCUT2D eigenvalue weighted by Crippen LogP contribution is 2.66. The molecular formula is C16H16ClN3. The lowest BCUT2D eigenvalue weighted by Crippen LogP contribution is -2.14. The van der Waals surface area contributed by atoms with Gasteiger partial charge in [0, 0.05) is 11.4 Å². The maximum absolute atomic E-state index is 6.06. The number of hydrogen-bond acceptors (Lipinski definition) is 3. The van der Waals surface area contributed by atoms with Gasteiger partial charge in [-0.05, 0) is 66.7 Å². The average molecular weight is 286 g/mol. The van der Waals surface area contributed by atoms with Gasteiger partial charge in [-0.3, -0.25) is 0 Å². The molecule has 4 unspecified atom stereocenters. The smallest absolute Gasteiger partial charge is 0.224 e. The zero-order valence-electron chi connectivity index (χ0n) is 11.1. The Labute approximate surface area is 122 Å². The van der Waals surface area contributed by atoms with E-state index in [0.717, 1.165) is 40.4 Å². The largest absolute Gasteiger partial charge is 0.366 e. The fraction of sp³-hybridized carbons (Fsp3) is 0.500. The number of nitrogens with zero attached hydrogens (tertiary/aromatic N) is 2. The van der Waals surface area contributed by atoms with Gasteiger partial charge in [0.25, 0.3) is 0 Å². The Morgan fingerprint density at radius 1 is 1.05 bits per heavy atom. The van der Waals surface area contributed by atoms with Gasteiger partial charge >= 0.3 is 0 Å². The molecule has 0 amide bonds. The number of rotatable bonds is 2. The normalized spacial score (nSPS) is 37.1. The van der Waals surface area contributed by atoms with Gasteiger partial charge in [-0.25, -0.2) is 9.97 Å². The summed E-state index contributed by atoms with van der Waals surface area (Å²) in [5.74, 6) is 4.62. The third-order valence-corrected chi connectivity index (χ3v) is 5.78. The molecule has 1 aromatic heterocycles. The van der Waals surface area contributed by atoms with Gasteiger partial charge in [0.2, 0.25) is 5.28 Å². The van der Waals surface area contributed by atoms with Gasteiger partial charge in [-0.2, -0.15) is 0 Å². The van der Waals surface area contributed by atoms with E-state index in [1.165, 1.54) is 19.3 Å². The van der Waals surface area contributed by atoms with Gasteiger partial charge in [-0.15, -0.1) is 0 Å². The summed E-state index contributed by atoms with van der Waals surface area (Å²) in [4.78, 5) is 8.72. The second-order valence-electron chi connectivity index (χ2n) is 6.52. The van der Waals surface area contributed by atoms with Gasteiger partial charge in [0.05, 0.1) is 5.52 Å². The summed E-state index contributed by atoms with van der Waals surface area (Å²) >= 11 is 6.06. The van der Waals surface area contributed by atoms with Crippen LogP contribution in [0.4, 0.5) is 5.82 Å². The molecule has 0 saturated heterocycles. The second kappa shape index (κ2) is 3.85. The van der Waals surface area contributed by atoms with Crippen molar-refractivity contribution in [2.24, 2.45) is 23.7 Å². The van der Waals surface area contributed by atoms with Crippen molar-refractivity contribution in [3.8, 4) is 0 Å². The minimum absolute atomic E-state index is 0.333. The predicted molar refractivity (Wildman–Crippen MR) is 79.8 cm³/mol. The molecule has 3 saturated carbocycles. The molecule has 4 atom stereocenters. The quantitative estimate of drug-likeness (QED) is 0.854. The Kier molecular flexibility index (Phi) is 2.18. The van der Waals surface area contributed by atoms with E-state index in [2.05, 4.69) is 21.4 Å². The topological polar surface area (TPSA) is 37.8 Å². The lowest BCUT2D eigenvalue weighted by atomic mass is 10.0. The standard InChI is InChI=1S/C16H16ClN3/c17-16-18-11-4-2-1-3-10(11)15(20-16)19-14-12-8-5-6-9(7-8)13(12)14/h1-4,8-9,12-14H,5-7H2,(H,18,19,20). The summed E-state index contributed by atoms with van der Waals surface area (Å²) in [6.45, 7) is 0. The fourth-order valence-corrected chi connectivity index (χ4v) is 5.01. The Morgan fingerprint density at radius 2 is 1.80 bits per heavy atom. The van der Waals surface area contributed by atoms with Crippen molar-refractivity contribution in [2.75, 3.05) is 5.32 Å². The summed E-state index contributed by atoms with van der Waals surface area (Å²) < 4.78 is 0. The van der Waals surface area contributed by atoms with Crippen molar-refractivity contribution in [1.82, 2.24) is 9.97 Å². The van der Waals surface area contributed by atoms with E-state index in [1.54, 1.807) is 0 Å². The van der Waals surface area contributed by atoms with Crippen LogP contribution in [0.3, 0.4) is 0 Å². The molecule has 3 aliphatic rings. The number of para-hydroxylation sites is 1. The van der Waals surface area contributed by atoms with Crippen LogP contribution in [0.15, 0.2) is 24.3 Å². The average Bonchev–Trinajstić information content (AvgIpc) is 2.83. The van der Waals surface area contributed by atoms with Crippen LogP contribution in [0, 0.1) is 23.7 Å². The molecule has 3 aliphatic carbocycles. The van der Waals surface area contributed by atoms with Crippen LogP contribution in [-0.2, 0) is 0 Å². The molecule has 3 fully saturated rings. The molecule has 0 radical (unpaired) electrons. The van der Waals surface area contributed by atoms with E-state index in [9.17, 15) is 0 Å². The summed E-state index contributed by atoms with van der Waals surface area (Å²) in [5.41, 5.74) is 0.920. The zero-order chi connectivity index (χ0) is 13.3. The maximum atomic E-state index is 6.06. The fourth-order valence-electron chi connectivity index (χ4n) is 4.83. The number of aromatic nitrogens is 2. The Bertz CT molecular complexity index is 685. The SMILES string of the molecule is Clc1nc(NC2C3C4CCC(C4)C23)c2ccccc2n1. The first-order chi connectivity index (χ1) is 9.81. The molecule has 0 spiro atoms. The molecule has 2 aromatic rings. The van der Waals surface area contributed by atoms with E-state index in [-0.39, 0.29) is 0 Å². The van der Waals surface area contributed by atoms with Crippen molar-refractivity contribution in [3.05, 3.63) is 29.5 Å². The van der Waals surface area contributed by atoms with Crippen molar-refractivity contribution in [3.63, 3.8) is 0 Å². The first-order valence-corrected chi connectivity index (χ1v) is 7.88. The number of fused-ring (bicyclic) bond motifs is 6. The van der Waals surface area contributed by atoms with Gasteiger partial charge in [0.1, 0.15) is 5.82 Å². The van der Waals surface area contributed by atoms with Crippen molar-refractivity contribution < 1.29 is 0 Å². The highest BCUT2D eigenvalue weighted by atomic mass is 35.5. The molecule has 20 heavy (non-hydrogen) atoms. The van der Waals surface area contributed by atoms with E-state index < -0.39 is 0 Å². The van der Waals surface area contributed by atoms with E-state index >= 15 is 0 Å². The lowest BCUT2D eigenvalue weighted by Gasteiger charge is -2.13. The number of hydrogen-bond donors (Lipinski definition) is 1. The van der Waals surface area contributed by atoms with Crippen molar-refractivity contribution in [2.45, 2.75) is 25.3 Å².